The molecule has 0 saturated carbocycles. The van der Waals surface area contributed by atoms with Crippen LogP contribution in [-0.4, -0.2) is 34.8 Å². The lowest BCUT2D eigenvalue weighted by molar-refractivity contribution is -0.139. The zero-order chi connectivity index (χ0) is 12.6. The number of hydrogen-bond acceptors (Lipinski definition) is 4. The molecular weight excluding hydrogens is 238 g/mol. The van der Waals surface area contributed by atoms with Gasteiger partial charge in [-0.1, -0.05) is 0 Å². The molecule has 2 rings (SSSR count). The number of hydrogen-bond donors (Lipinski definition) is 1. The van der Waals surface area contributed by atoms with E-state index in [4.69, 9.17) is 0 Å². The van der Waals surface area contributed by atoms with Gasteiger partial charge in [-0.2, -0.15) is 0 Å². The van der Waals surface area contributed by atoms with Gasteiger partial charge in [0.05, 0.1) is 11.6 Å². The average molecular weight is 253 g/mol. The van der Waals surface area contributed by atoms with E-state index in [0.29, 0.717) is 18.2 Å². The van der Waals surface area contributed by atoms with E-state index in [0.717, 1.165) is 10.6 Å². The SMILES string of the molecule is CC(=O)N1CC(C(=O)Nc2nc(C)c(C)s2)C1. The van der Waals surface area contributed by atoms with Crippen molar-refractivity contribution in [2.45, 2.75) is 20.8 Å². The summed E-state index contributed by atoms with van der Waals surface area (Å²) in [6, 6.07) is 0. The highest BCUT2D eigenvalue weighted by Crippen LogP contribution is 2.23. The van der Waals surface area contributed by atoms with Crippen LogP contribution in [0.5, 0.6) is 0 Å². The van der Waals surface area contributed by atoms with Crippen molar-refractivity contribution < 1.29 is 9.59 Å². The summed E-state index contributed by atoms with van der Waals surface area (Å²) in [5.74, 6) is -0.116. The molecule has 17 heavy (non-hydrogen) atoms. The molecule has 2 amide bonds. The zero-order valence-corrected chi connectivity index (χ0v) is 10.9. The fourth-order valence-electron chi connectivity index (χ4n) is 1.64. The second kappa shape index (κ2) is 4.44. The first-order valence-corrected chi connectivity index (χ1v) is 6.29. The van der Waals surface area contributed by atoms with Crippen LogP contribution in [0.3, 0.4) is 0 Å². The molecule has 5 nitrogen and oxygen atoms in total. The minimum atomic E-state index is -0.0941. The first-order chi connectivity index (χ1) is 7.97. The Kier molecular flexibility index (Phi) is 3.15. The Morgan fingerprint density at radius 2 is 2.06 bits per heavy atom. The first kappa shape index (κ1) is 12.0. The number of rotatable bonds is 2. The van der Waals surface area contributed by atoms with Gasteiger partial charge in [-0.25, -0.2) is 4.98 Å². The van der Waals surface area contributed by atoms with Gasteiger partial charge < -0.3 is 10.2 Å². The van der Waals surface area contributed by atoms with Crippen LogP contribution < -0.4 is 5.32 Å². The predicted octanol–water partition coefficient (Wildman–Crippen LogP) is 1.18. The number of anilines is 1. The summed E-state index contributed by atoms with van der Waals surface area (Å²) < 4.78 is 0. The summed E-state index contributed by atoms with van der Waals surface area (Å²) in [6.45, 7) is 6.45. The molecule has 1 aromatic heterocycles. The Morgan fingerprint density at radius 3 is 2.53 bits per heavy atom. The molecule has 0 aliphatic carbocycles. The molecular formula is C11H15N3O2S. The Labute approximate surface area is 104 Å². The maximum atomic E-state index is 11.8. The summed E-state index contributed by atoms with van der Waals surface area (Å²) in [5.41, 5.74) is 0.948. The van der Waals surface area contributed by atoms with Crippen molar-refractivity contribution in [2.24, 2.45) is 5.92 Å². The molecule has 0 atom stereocenters. The lowest BCUT2D eigenvalue weighted by Crippen LogP contribution is -2.53. The highest BCUT2D eigenvalue weighted by Gasteiger charge is 2.34. The standard InChI is InChI=1S/C11H15N3O2S/c1-6-7(2)17-11(12-6)13-10(16)9-4-14(5-9)8(3)15/h9H,4-5H2,1-3H3,(H,12,13,16). The quantitative estimate of drug-likeness (QED) is 0.860. The van der Waals surface area contributed by atoms with Crippen LogP contribution in [0.4, 0.5) is 5.13 Å². The number of carbonyl (C=O) groups is 2. The van der Waals surface area contributed by atoms with Crippen molar-refractivity contribution in [3.8, 4) is 0 Å². The summed E-state index contributed by atoms with van der Waals surface area (Å²) >= 11 is 1.48. The van der Waals surface area contributed by atoms with E-state index in [1.54, 1.807) is 4.90 Å². The molecule has 1 aliphatic rings. The molecule has 0 spiro atoms. The molecule has 0 radical (unpaired) electrons. The van der Waals surface area contributed by atoms with Crippen molar-refractivity contribution >= 4 is 28.3 Å². The van der Waals surface area contributed by atoms with Gasteiger partial charge in [-0.05, 0) is 13.8 Å². The number of likely N-dealkylation sites (tertiary alicyclic amines) is 1. The average Bonchev–Trinajstić information content (AvgIpc) is 2.41. The third-order valence-corrected chi connectivity index (χ3v) is 3.94. The molecule has 92 valence electrons. The van der Waals surface area contributed by atoms with Crippen LogP contribution in [0.25, 0.3) is 0 Å². The summed E-state index contributed by atoms with van der Waals surface area (Å²) in [5, 5.41) is 3.44. The van der Waals surface area contributed by atoms with Crippen LogP contribution in [0, 0.1) is 19.8 Å². The Hall–Kier alpha value is -1.43. The highest BCUT2D eigenvalue weighted by molar-refractivity contribution is 7.15. The van der Waals surface area contributed by atoms with Gasteiger partial charge >= 0.3 is 0 Å². The summed E-state index contributed by atoms with van der Waals surface area (Å²) in [6.07, 6.45) is 0. The van der Waals surface area contributed by atoms with E-state index in [9.17, 15) is 9.59 Å². The number of thiazole rings is 1. The normalized spacial score (nSPS) is 15.6. The summed E-state index contributed by atoms with van der Waals surface area (Å²) in [7, 11) is 0. The van der Waals surface area contributed by atoms with E-state index in [1.807, 2.05) is 13.8 Å². The van der Waals surface area contributed by atoms with Crippen molar-refractivity contribution in [1.82, 2.24) is 9.88 Å². The second-order valence-electron chi connectivity index (χ2n) is 4.27. The van der Waals surface area contributed by atoms with Crippen LogP contribution in [0.1, 0.15) is 17.5 Å². The van der Waals surface area contributed by atoms with E-state index in [-0.39, 0.29) is 17.7 Å². The third kappa shape index (κ3) is 2.46. The van der Waals surface area contributed by atoms with E-state index in [2.05, 4.69) is 10.3 Å². The third-order valence-electron chi connectivity index (χ3n) is 2.96. The van der Waals surface area contributed by atoms with Crippen LogP contribution in [0.15, 0.2) is 0 Å². The van der Waals surface area contributed by atoms with E-state index < -0.39 is 0 Å². The molecule has 2 heterocycles. The monoisotopic (exact) mass is 253 g/mol. The first-order valence-electron chi connectivity index (χ1n) is 5.47. The molecule has 1 aromatic rings. The van der Waals surface area contributed by atoms with E-state index >= 15 is 0 Å². The lowest BCUT2D eigenvalue weighted by Gasteiger charge is -2.37. The van der Waals surface area contributed by atoms with Crippen molar-refractivity contribution in [3.63, 3.8) is 0 Å². The Morgan fingerprint density at radius 1 is 1.41 bits per heavy atom. The molecule has 1 fully saturated rings. The molecule has 0 aromatic carbocycles. The lowest BCUT2D eigenvalue weighted by atomic mass is 9.99. The van der Waals surface area contributed by atoms with Gasteiger partial charge in [0.15, 0.2) is 5.13 Å². The van der Waals surface area contributed by atoms with Gasteiger partial charge in [0.25, 0.3) is 0 Å². The second-order valence-corrected chi connectivity index (χ2v) is 5.47. The van der Waals surface area contributed by atoms with Gasteiger partial charge in [0.2, 0.25) is 11.8 Å². The van der Waals surface area contributed by atoms with Crippen molar-refractivity contribution in [3.05, 3.63) is 10.6 Å². The maximum absolute atomic E-state index is 11.8. The smallest absolute Gasteiger partial charge is 0.232 e. The van der Waals surface area contributed by atoms with Gasteiger partial charge in [-0.3, -0.25) is 9.59 Å². The minimum Gasteiger partial charge on any atom is -0.341 e. The van der Waals surface area contributed by atoms with Gasteiger partial charge in [0.1, 0.15) is 0 Å². The van der Waals surface area contributed by atoms with Crippen LogP contribution in [0.2, 0.25) is 0 Å². The number of amides is 2. The molecule has 1 N–H and O–H groups in total. The van der Waals surface area contributed by atoms with Crippen molar-refractivity contribution in [1.29, 1.82) is 0 Å². The molecule has 1 saturated heterocycles. The largest absolute Gasteiger partial charge is 0.341 e. The van der Waals surface area contributed by atoms with Gasteiger partial charge in [-0.15, -0.1) is 11.3 Å². The van der Waals surface area contributed by atoms with Crippen molar-refractivity contribution in [2.75, 3.05) is 18.4 Å². The number of carbonyl (C=O) groups excluding carboxylic acids is 2. The number of nitrogens with zero attached hydrogens (tertiary/aromatic N) is 2. The Bertz CT molecular complexity index is 444. The van der Waals surface area contributed by atoms with Crippen LogP contribution >= 0.6 is 11.3 Å². The van der Waals surface area contributed by atoms with Gasteiger partial charge in [0, 0.05) is 24.9 Å². The molecule has 1 aliphatic heterocycles. The van der Waals surface area contributed by atoms with Crippen LogP contribution in [-0.2, 0) is 9.59 Å². The minimum absolute atomic E-state index is 0.0231. The Balaban J connectivity index is 1.89. The molecule has 6 heteroatoms. The fraction of sp³-hybridized carbons (Fsp3) is 0.545. The predicted molar refractivity (Wildman–Crippen MR) is 66.0 cm³/mol. The highest BCUT2D eigenvalue weighted by atomic mass is 32.1. The molecule has 0 bridgehead atoms. The summed E-state index contributed by atoms with van der Waals surface area (Å²) in [4.78, 5) is 29.8. The maximum Gasteiger partial charge on any atom is 0.232 e. The molecule has 0 unspecified atom stereocenters. The number of aromatic nitrogens is 1. The topological polar surface area (TPSA) is 62.3 Å². The zero-order valence-electron chi connectivity index (χ0n) is 10.1. The van der Waals surface area contributed by atoms with E-state index in [1.165, 1.54) is 18.3 Å². The number of nitrogens with one attached hydrogen (secondary N) is 1. The fourth-order valence-corrected chi connectivity index (χ4v) is 2.45. The number of aryl methyl sites for hydroxylation is 2.